The summed E-state index contributed by atoms with van der Waals surface area (Å²) in [5, 5.41) is 18.9. The van der Waals surface area contributed by atoms with E-state index in [0.29, 0.717) is 19.0 Å². The number of hydrogen-bond acceptors (Lipinski definition) is 3. The molecule has 2 fully saturated rings. The van der Waals surface area contributed by atoms with Crippen molar-refractivity contribution >= 4 is 5.97 Å². The topological polar surface area (TPSA) is 60.8 Å². The summed E-state index contributed by atoms with van der Waals surface area (Å²) in [7, 11) is 0. The lowest BCUT2D eigenvalue weighted by Gasteiger charge is -2.21. The first-order valence-corrected chi connectivity index (χ1v) is 6.78. The van der Waals surface area contributed by atoms with Crippen molar-refractivity contribution in [1.29, 1.82) is 0 Å². The highest BCUT2D eigenvalue weighted by atomic mass is 16.4. The Morgan fingerprint density at radius 2 is 2.00 bits per heavy atom. The molecule has 17 heavy (non-hydrogen) atoms. The second-order valence-corrected chi connectivity index (χ2v) is 5.62. The lowest BCUT2D eigenvalue weighted by atomic mass is 10.00. The van der Waals surface area contributed by atoms with Crippen LogP contribution in [0.3, 0.4) is 0 Å². The summed E-state index contributed by atoms with van der Waals surface area (Å²) in [5.41, 5.74) is 0. The molecule has 1 saturated heterocycles. The third-order valence-corrected chi connectivity index (χ3v) is 4.17. The molecule has 0 amide bonds. The third kappa shape index (κ3) is 3.68. The molecule has 4 nitrogen and oxygen atoms in total. The monoisotopic (exact) mass is 241 g/mol. The zero-order valence-electron chi connectivity index (χ0n) is 10.3. The van der Waals surface area contributed by atoms with Crippen LogP contribution in [0.1, 0.15) is 38.5 Å². The number of hydrogen-bond donors (Lipinski definition) is 2. The van der Waals surface area contributed by atoms with Gasteiger partial charge in [0.25, 0.3) is 0 Å². The van der Waals surface area contributed by atoms with Crippen LogP contribution < -0.4 is 0 Å². The first-order valence-electron chi connectivity index (χ1n) is 6.78. The van der Waals surface area contributed by atoms with E-state index in [-0.39, 0.29) is 12.0 Å². The number of aliphatic hydroxyl groups excluding tert-OH is 1. The van der Waals surface area contributed by atoms with Crippen molar-refractivity contribution in [3.8, 4) is 0 Å². The first-order chi connectivity index (χ1) is 8.15. The van der Waals surface area contributed by atoms with Gasteiger partial charge >= 0.3 is 5.97 Å². The lowest BCUT2D eigenvalue weighted by Crippen LogP contribution is -2.32. The van der Waals surface area contributed by atoms with Crippen LogP contribution >= 0.6 is 0 Å². The predicted molar refractivity (Wildman–Crippen MR) is 64.8 cm³/mol. The molecule has 2 rings (SSSR count). The average Bonchev–Trinajstić information content (AvgIpc) is 2.88. The van der Waals surface area contributed by atoms with Crippen molar-refractivity contribution in [3.05, 3.63) is 0 Å². The lowest BCUT2D eigenvalue weighted by molar-refractivity contribution is -0.141. The normalized spacial score (nSPS) is 28.6. The van der Waals surface area contributed by atoms with Gasteiger partial charge in [-0.05, 0) is 25.3 Å². The van der Waals surface area contributed by atoms with Crippen LogP contribution in [-0.2, 0) is 4.79 Å². The Morgan fingerprint density at radius 3 is 2.59 bits per heavy atom. The number of rotatable bonds is 5. The van der Waals surface area contributed by atoms with Crippen LogP contribution in [0, 0.1) is 11.8 Å². The molecule has 1 aliphatic carbocycles. The van der Waals surface area contributed by atoms with Crippen molar-refractivity contribution < 1.29 is 15.0 Å². The van der Waals surface area contributed by atoms with E-state index in [2.05, 4.69) is 4.90 Å². The Labute approximate surface area is 103 Å². The highest BCUT2D eigenvalue weighted by Gasteiger charge is 2.29. The summed E-state index contributed by atoms with van der Waals surface area (Å²) >= 11 is 0. The van der Waals surface area contributed by atoms with Gasteiger partial charge in [0.05, 0.1) is 12.0 Å². The van der Waals surface area contributed by atoms with E-state index in [4.69, 9.17) is 5.11 Å². The molecular weight excluding hydrogens is 218 g/mol. The maximum Gasteiger partial charge on any atom is 0.307 e. The maximum absolute atomic E-state index is 10.8. The molecule has 2 unspecified atom stereocenters. The van der Waals surface area contributed by atoms with Crippen LogP contribution in [0.25, 0.3) is 0 Å². The molecule has 0 radical (unpaired) electrons. The van der Waals surface area contributed by atoms with E-state index < -0.39 is 5.97 Å². The van der Waals surface area contributed by atoms with Gasteiger partial charge in [-0.15, -0.1) is 0 Å². The van der Waals surface area contributed by atoms with Gasteiger partial charge in [0.2, 0.25) is 0 Å². The van der Waals surface area contributed by atoms with Gasteiger partial charge in [-0.3, -0.25) is 9.69 Å². The quantitative estimate of drug-likeness (QED) is 0.762. The van der Waals surface area contributed by atoms with Crippen LogP contribution in [0.2, 0.25) is 0 Å². The van der Waals surface area contributed by atoms with Crippen molar-refractivity contribution in [3.63, 3.8) is 0 Å². The van der Waals surface area contributed by atoms with E-state index in [1.54, 1.807) is 0 Å². The molecule has 2 atom stereocenters. The fraction of sp³-hybridized carbons (Fsp3) is 0.923. The van der Waals surface area contributed by atoms with E-state index in [1.807, 2.05) is 0 Å². The number of nitrogens with zero attached hydrogens (tertiary/aromatic N) is 1. The Kier molecular flexibility index (Phi) is 4.40. The van der Waals surface area contributed by atoms with Crippen molar-refractivity contribution in [2.45, 2.75) is 44.6 Å². The fourth-order valence-electron chi connectivity index (χ4n) is 3.20. The van der Waals surface area contributed by atoms with E-state index in [9.17, 15) is 9.90 Å². The van der Waals surface area contributed by atoms with Gasteiger partial charge in [-0.25, -0.2) is 0 Å². The van der Waals surface area contributed by atoms with Crippen molar-refractivity contribution in [2.24, 2.45) is 11.8 Å². The van der Waals surface area contributed by atoms with Crippen LogP contribution in [-0.4, -0.2) is 46.8 Å². The highest BCUT2D eigenvalue weighted by Crippen LogP contribution is 2.29. The minimum atomic E-state index is -0.696. The zero-order chi connectivity index (χ0) is 12.3. The van der Waals surface area contributed by atoms with Gasteiger partial charge in [0.15, 0.2) is 0 Å². The molecular formula is C13H23NO3. The Morgan fingerprint density at radius 1 is 1.29 bits per heavy atom. The molecule has 4 heteroatoms. The minimum absolute atomic E-state index is 0.228. The molecule has 0 aromatic heterocycles. The fourth-order valence-corrected chi connectivity index (χ4v) is 3.20. The third-order valence-electron chi connectivity index (χ3n) is 4.17. The molecule has 0 aromatic rings. The second-order valence-electron chi connectivity index (χ2n) is 5.62. The maximum atomic E-state index is 10.8. The van der Waals surface area contributed by atoms with Crippen molar-refractivity contribution in [2.75, 3.05) is 19.6 Å². The first kappa shape index (κ1) is 12.8. The largest absolute Gasteiger partial charge is 0.481 e. The Bertz CT molecular complexity index is 263. The minimum Gasteiger partial charge on any atom is -0.481 e. The summed E-state index contributed by atoms with van der Waals surface area (Å²) < 4.78 is 0. The number of aliphatic hydroxyl groups is 1. The summed E-state index contributed by atoms with van der Waals surface area (Å²) in [6.07, 6.45) is 6.49. The van der Waals surface area contributed by atoms with E-state index >= 15 is 0 Å². The molecule has 0 spiro atoms. The SMILES string of the molecule is O=C(O)C1CCN(CC(O)CC2CCCC2)C1. The summed E-state index contributed by atoms with van der Waals surface area (Å²) in [6, 6.07) is 0. The molecule has 0 aromatic carbocycles. The number of carbonyl (C=O) groups is 1. The smallest absolute Gasteiger partial charge is 0.307 e. The van der Waals surface area contributed by atoms with Gasteiger partial charge in [-0.1, -0.05) is 25.7 Å². The predicted octanol–water partition coefficient (Wildman–Crippen LogP) is 1.33. The molecule has 98 valence electrons. The van der Waals surface area contributed by atoms with Gasteiger partial charge in [0, 0.05) is 13.1 Å². The Balaban J connectivity index is 1.68. The van der Waals surface area contributed by atoms with Gasteiger partial charge < -0.3 is 10.2 Å². The summed E-state index contributed by atoms with van der Waals surface area (Å²) in [5.74, 6) is -0.227. The molecule has 2 aliphatic rings. The summed E-state index contributed by atoms with van der Waals surface area (Å²) in [4.78, 5) is 12.9. The molecule has 1 aliphatic heterocycles. The van der Waals surface area contributed by atoms with E-state index in [1.165, 1.54) is 25.7 Å². The van der Waals surface area contributed by atoms with Gasteiger partial charge in [0.1, 0.15) is 0 Å². The van der Waals surface area contributed by atoms with Crippen LogP contribution in [0.5, 0.6) is 0 Å². The number of carboxylic acids is 1. The van der Waals surface area contributed by atoms with Crippen molar-refractivity contribution in [1.82, 2.24) is 4.90 Å². The highest BCUT2D eigenvalue weighted by molar-refractivity contribution is 5.70. The number of carboxylic acid groups (broad SMARTS) is 1. The molecule has 1 saturated carbocycles. The van der Waals surface area contributed by atoms with Gasteiger partial charge in [-0.2, -0.15) is 0 Å². The number of likely N-dealkylation sites (tertiary alicyclic amines) is 1. The molecule has 1 heterocycles. The van der Waals surface area contributed by atoms with Crippen LogP contribution in [0.15, 0.2) is 0 Å². The summed E-state index contributed by atoms with van der Waals surface area (Å²) in [6.45, 7) is 2.08. The van der Waals surface area contributed by atoms with Crippen LogP contribution in [0.4, 0.5) is 0 Å². The van der Waals surface area contributed by atoms with E-state index in [0.717, 1.165) is 19.4 Å². The standard InChI is InChI=1S/C13H23NO3/c15-12(7-10-3-1-2-4-10)9-14-6-5-11(8-14)13(16)17/h10-12,15H,1-9H2,(H,16,17). The molecule has 0 bridgehead atoms. The average molecular weight is 241 g/mol. The number of aliphatic carboxylic acids is 1. The molecule has 2 N–H and O–H groups in total. The zero-order valence-corrected chi connectivity index (χ0v) is 10.3. The Hall–Kier alpha value is -0.610. The number of β-amino-alcohol motifs (C(OH)–C–C–N with tert-alkyl or cyclic N) is 1. The second kappa shape index (κ2) is 5.83.